The van der Waals surface area contributed by atoms with E-state index in [1.807, 2.05) is 13.0 Å². The fraction of sp³-hybridized carbons (Fsp3) is 0.429. The maximum absolute atomic E-state index is 5.61. The van der Waals surface area contributed by atoms with E-state index in [1.54, 1.807) is 18.4 Å². The predicted molar refractivity (Wildman–Crippen MR) is 75.3 cm³/mol. The van der Waals surface area contributed by atoms with Crippen molar-refractivity contribution in [3.05, 3.63) is 28.8 Å². The Hall–Kier alpha value is -1.42. The van der Waals surface area contributed by atoms with Crippen LogP contribution in [0, 0.1) is 6.92 Å². The minimum Gasteiger partial charge on any atom is -0.496 e. The summed E-state index contributed by atoms with van der Waals surface area (Å²) in [5, 5.41) is 10.2. The molecule has 0 aliphatic rings. The number of ether oxygens (including phenoxy) is 1. The second-order valence-corrected chi connectivity index (χ2v) is 6.44. The Kier molecular flexibility index (Phi) is 3.39. The molecule has 0 saturated heterocycles. The van der Waals surface area contributed by atoms with Crippen LogP contribution in [-0.2, 0) is 5.41 Å². The molecule has 96 valence electrons. The largest absolute Gasteiger partial charge is 0.496 e. The first-order valence-electron chi connectivity index (χ1n) is 5.91. The molecule has 3 nitrogen and oxygen atoms in total. The molecule has 2 rings (SSSR count). The Morgan fingerprint density at radius 2 is 1.89 bits per heavy atom. The van der Waals surface area contributed by atoms with Gasteiger partial charge in [0.2, 0.25) is 0 Å². The smallest absolute Gasteiger partial charge is 0.151 e. The second kappa shape index (κ2) is 4.69. The van der Waals surface area contributed by atoms with Crippen molar-refractivity contribution in [3.63, 3.8) is 0 Å². The lowest BCUT2D eigenvalue weighted by Crippen LogP contribution is -2.13. The lowest BCUT2D eigenvalue weighted by atomic mass is 9.85. The quantitative estimate of drug-likeness (QED) is 0.825. The average molecular weight is 262 g/mol. The lowest BCUT2D eigenvalue weighted by molar-refractivity contribution is 0.399. The zero-order chi connectivity index (χ0) is 13.3. The molecule has 0 N–H and O–H groups in total. The molecule has 0 unspecified atom stereocenters. The van der Waals surface area contributed by atoms with Crippen LogP contribution in [-0.4, -0.2) is 17.3 Å². The highest BCUT2D eigenvalue weighted by atomic mass is 32.1. The lowest BCUT2D eigenvalue weighted by Gasteiger charge is -2.23. The van der Waals surface area contributed by atoms with Crippen molar-refractivity contribution in [3.8, 4) is 16.3 Å². The molecule has 0 radical (unpaired) electrons. The van der Waals surface area contributed by atoms with Gasteiger partial charge in [0, 0.05) is 5.56 Å². The minimum absolute atomic E-state index is 0.0427. The van der Waals surface area contributed by atoms with E-state index in [4.69, 9.17) is 4.74 Å². The number of aromatic nitrogens is 2. The van der Waals surface area contributed by atoms with Crippen molar-refractivity contribution in [2.24, 2.45) is 0 Å². The van der Waals surface area contributed by atoms with E-state index in [0.29, 0.717) is 0 Å². The number of rotatable bonds is 2. The number of nitrogens with zero attached hydrogens (tertiary/aromatic N) is 2. The summed E-state index contributed by atoms with van der Waals surface area (Å²) in [5.74, 6) is 0.904. The van der Waals surface area contributed by atoms with Crippen molar-refractivity contribution in [1.82, 2.24) is 10.2 Å². The van der Waals surface area contributed by atoms with Gasteiger partial charge in [-0.3, -0.25) is 0 Å². The van der Waals surface area contributed by atoms with Gasteiger partial charge in [-0.2, -0.15) is 0 Å². The molecule has 1 aromatic carbocycles. The summed E-state index contributed by atoms with van der Waals surface area (Å²) < 4.78 is 5.61. The zero-order valence-corrected chi connectivity index (χ0v) is 12.3. The predicted octanol–water partition coefficient (Wildman–Crippen LogP) is 3.82. The van der Waals surface area contributed by atoms with Crippen LogP contribution in [0.1, 0.15) is 31.3 Å². The molecule has 0 saturated carbocycles. The number of benzene rings is 1. The normalized spacial score (nSPS) is 11.6. The van der Waals surface area contributed by atoms with Crippen LogP contribution in [0.25, 0.3) is 10.6 Å². The van der Waals surface area contributed by atoms with Gasteiger partial charge in [-0.1, -0.05) is 44.2 Å². The van der Waals surface area contributed by atoms with Crippen LogP contribution in [0.3, 0.4) is 0 Å². The molecular weight excluding hydrogens is 244 g/mol. The molecule has 0 aliphatic carbocycles. The summed E-state index contributed by atoms with van der Waals surface area (Å²) in [6, 6.07) is 6.19. The summed E-state index contributed by atoms with van der Waals surface area (Å²) >= 11 is 1.59. The average Bonchev–Trinajstić information content (AvgIpc) is 2.73. The SMILES string of the molecule is COc1c(-c2nnc(C)s2)cccc1C(C)(C)C. The van der Waals surface area contributed by atoms with E-state index in [0.717, 1.165) is 21.3 Å². The Morgan fingerprint density at radius 3 is 2.39 bits per heavy atom. The molecular formula is C14H18N2OS. The number of hydrogen-bond acceptors (Lipinski definition) is 4. The molecule has 4 heteroatoms. The van der Waals surface area contributed by atoms with Crippen molar-refractivity contribution in [1.29, 1.82) is 0 Å². The Morgan fingerprint density at radius 1 is 1.17 bits per heavy atom. The van der Waals surface area contributed by atoms with Crippen molar-refractivity contribution >= 4 is 11.3 Å². The van der Waals surface area contributed by atoms with E-state index < -0.39 is 0 Å². The molecule has 0 aliphatic heterocycles. The van der Waals surface area contributed by atoms with Crippen LogP contribution < -0.4 is 4.74 Å². The number of hydrogen-bond donors (Lipinski definition) is 0. The molecule has 18 heavy (non-hydrogen) atoms. The highest BCUT2D eigenvalue weighted by molar-refractivity contribution is 7.14. The Labute approximate surface area is 112 Å². The second-order valence-electron chi connectivity index (χ2n) is 5.26. The molecule has 1 heterocycles. The van der Waals surface area contributed by atoms with Gasteiger partial charge in [-0.05, 0) is 18.4 Å². The molecule has 2 aromatic rings. The van der Waals surface area contributed by atoms with E-state index in [2.05, 4.69) is 43.1 Å². The van der Waals surface area contributed by atoms with Crippen LogP contribution in [0.2, 0.25) is 0 Å². The molecule has 0 atom stereocenters. The highest BCUT2D eigenvalue weighted by Crippen LogP contribution is 2.39. The van der Waals surface area contributed by atoms with Crippen LogP contribution in [0.15, 0.2) is 18.2 Å². The van der Waals surface area contributed by atoms with Gasteiger partial charge in [-0.15, -0.1) is 10.2 Å². The third-order valence-corrected chi connectivity index (χ3v) is 3.66. The van der Waals surface area contributed by atoms with Crippen molar-refractivity contribution in [2.75, 3.05) is 7.11 Å². The summed E-state index contributed by atoms with van der Waals surface area (Å²) in [7, 11) is 1.71. The summed E-state index contributed by atoms with van der Waals surface area (Å²) in [6.07, 6.45) is 0. The van der Waals surface area contributed by atoms with Gasteiger partial charge in [0.15, 0.2) is 5.01 Å². The maximum Gasteiger partial charge on any atom is 0.151 e. The van der Waals surface area contributed by atoms with Crippen molar-refractivity contribution in [2.45, 2.75) is 33.1 Å². The molecule has 0 bridgehead atoms. The molecule has 0 fully saturated rings. The van der Waals surface area contributed by atoms with Gasteiger partial charge in [0.1, 0.15) is 10.8 Å². The summed E-state index contributed by atoms with van der Waals surface area (Å²) in [4.78, 5) is 0. The van der Waals surface area contributed by atoms with Crippen LogP contribution in [0.5, 0.6) is 5.75 Å². The first-order valence-corrected chi connectivity index (χ1v) is 6.73. The first-order chi connectivity index (χ1) is 8.43. The minimum atomic E-state index is 0.0427. The Balaban J connectivity index is 2.62. The fourth-order valence-corrected chi connectivity index (χ4v) is 2.64. The fourth-order valence-electron chi connectivity index (χ4n) is 1.92. The monoisotopic (exact) mass is 262 g/mol. The van der Waals surface area contributed by atoms with Crippen molar-refractivity contribution < 1.29 is 4.74 Å². The number of para-hydroxylation sites is 1. The summed E-state index contributed by atoms with van der Waals surface area (Å²) in [6.45, 7) is 8.50. The molecule has 0 amide bonds. The van der Waals surface area contributed by atoms with E-state index in [1.165, 1.54) is 5.56 Å². The van der Waals surface area contributed by atoms with Gasteiger partial charge in [0.05, 0.1) is 12.7 Å². The number of aryl methyl sites for hydroxylation is 1. The van der Waals surface area contributed by atoms with Gasteiger partial charge < -0.3 is 4.74 Å². The first kappa shape index (κ1) is 13.0. The third kappa shape index (κ3) is 2.38. The molecule has 1 aromatic heterocycles. The number of methoxy groups -OCH3 is 1. The van der Waals surface area contributed by atoms with Crippen LogP contribution >= 0.6 is 11.3 Å². The van der Waals surface area contributed by atoms with Gasteiger partial charge in [0.25, 0.3) is 0 Å². The zero-order valence-electron chi connectivity index (χ0n) is 11.4. The van der Waals surface area contributed by atoms with E-state index in [-0.39, 0.29) is 5.41 Å². The van der Waals surface area contributed by atoms with E-state index in [9.17, 15) is 0 Å². The molecule has 0 spiro atoms. The van der Waals surface area contributed by atoms with Gasteiger partial charge in [-0.25, -0.2) is 0 Å². The highest BCUT2D eigenvalue weighted by Gasteiger charge is 2.22. The topological polar surface area (TPSA) is 35.0 Å². The van der Waals surface area contributed by atoms with Gasteiger partial charge >= 0.3 is 0 Å². The van der Waals surface area contributed by atoms with E-state index >= 15 is 0 Å². The summed E-state index contributed by atoms with van der Waals surface area (Å²) in [5.41, 5.74) is 2.26. The Bertz CT molecular complexity index is 555. The third-order valence-electron chi connectivity index (χ3n) is 2.78. The maximum atomic E-state index is 5.61. The van der Waals surface area contributed by atoms with Crippen LogP contribution in [0.4, 0.5) is 0 Å². The standard InChI is InChI=1S/C14H18N2OS/c1-9-15-16-13(18-9)10-7-6-8-11(12(10)17-5)14(2,3)4/h6-8H,1-5H3.